The quantitative estimate of drug-likeness (QED) is 0.307. The van der Waals surface area contributed by atoms with E-state index in [1.807, 2.05) is 11.9 Å². The van der Waals surface area contributed by atoms with Crippen LogP contribution in [-0.4, -0.2) is 82.5 Å². The molecule has 2 amide bonds. The highest BCUT2D eigenvalue weighted by Gasteiger charge is 2.31. The molecule has 0 spiro atoms. The molecule has 3 N–H and O–H groups in total. The van der Waals surface area contributed by atoms with Gasteiger partial charge in [-0.25, -0.2) is 0 Å². The van der Waals surface area contributed by atoms with Crippen LogP contribution in [0, 0.1) is 12.8 Å². The second kappa shape index (κ2) is 14.7. The number of nitrogens with zero attached hydrogens (tertiary/aromatic N) is 3. The van der Waals surface area contributed by atoms with Crippen LogP contribution in [0.1, 0.15) is 63.8 Å². The Morgan fingerprint density at radius 1 is 1.15 bits per heavy atom. The van der Waals surface area contributed by atoms with Gasteiger partial charge in [0.15, 0.2) is 11.6 Å². The number of carbonyl (C=O) groups excluding carboxylic acids is 3. The van der Waals surface area contributed by atoms with Crippen LogP contribution < -0.4 is 15.4 Å². The van der Waals surface area contributed by atoms with Crippen LogP contribution in [0.5, 0.6) is 5.75 Å². The van der Waals surface area contributed by atoms with E-state index in [1.54, 1.807) is 39.0 Å². The summed E-state index contributed by atoms with van der Waals surface area (Å²) >= 11 is 0. The van der Waals surface area contributed by atoms with E-state index in [-0.39, 0.29) is 30.7 Å². The fourth-order valence-corrected chi connectivity index (χ4v) is 5.08. The topological polar surface area (TPSA) is 164 Å². The molecule has 3 rings (SSSR count). The smallest absolute Gasteiger partial charge is 0.305 e. The molecule has 41 heavy (non-hydrogen) atoms. The summed E-state index contributed by atoms with van der Waals surface area (Å²) in [5.41, 5.74) is 1.16. The lowest BCUT2D eigenvalue weighted by Crippen LogP contribution is -2.55. The van der Waals surface area contributed by atoms with Gasteiger partial charge in [-0.3, -0.25) is 24.1 Å². The van der Waals surface area contributed by atoms with E-state index < -0.39 is 36.3 Å². The number of Topliss-reactive ketones (excluding diaryl/α,β-unsaturated/α-hetero) is 1. The minimum absolute atomic E-state index is 0.0390. The molecule has 1 aromatic carbocycles. The monoisotopic (exact) mass is 571 g/mol. The van der Waals surface area contributed by atoms with Crippen LogP contribution in [0.2, 0.25) is 0 Å². The average Bonchev–Trinajstić information content (AvgIpc) is 3.37. The van der Waals surface area contributed by atoms with Crippen LogP contribution in [-0.2, 0) is 25.6 Å². The molecule has 1 fully saturated rings. The van der Waals surface area contributed by atoms with Crippen LogP contribution in [0.15, 0.2) is 22.7 Å². The third-order valence-corrected chi connectivity index (χ3v) is 7.36. The molecule has 0 saturated heterocycles. The molecule has 0 bridgehead atoms. The van der Waals surface area contributed by atoms with E-state index in [0.717, 1.165) is 25.7 Å². The Balaban J connectivity index is 1.69. The van der Waals surface area contributed by atoms with Gasteiger partial charge in [0.2, 0.25) is 11.8 Å². The zero-order chi connectivity index (χ0) is 30.1. The number of nitrogens with one attached hydrogen (secondary N) is 2. The van der Waals surface area contributed by atoms with Gasteiger partial charge in [-0.15, -0.1) is 0 Å². The summed E-state index contributed by atoms with van der Waals surface area (Å²) in [4.78, 5) is 57.2. The third-order valence-electron chi connectivity index (χ3n) is 7.36. The van der Waals surface area contributed by atoms with E-state index in [4.69, 9.17) is 9.26 Å². The van der Waals surface area contributed by atoms with Crippen molar-refractivity contribution >= 4 is 23.6 Å². The first kappa shape index (κ1) is 31.7. The molecule has 1 heterocycles. The summed E-state index contributed by atoms with van der Waals surface area (Å²) in [5.74, 6) is -1.72. The van der Waals surface area contributed by atoms with E-state index in [0.29, 0.717) is 28.6 Å². The van der Waals surface area contributed by atoms with E-state index in [1.165, 1.54) is 13.5 Å². The number of carboxylic acid groups (broad SMARTS) is 1. The van der Waals surface area contributed by atoms with Gasteiger partial charge in [0.05, 0.1) is 32.5 Å². The maximum atomic E-state index is 13.3. The molecule has 1 aromatic heterocycles. The predicted molar refractivity (Wildman–Crippen MR) is 150 cm³/mol. The zero-order valence-corrected chi connectivity index (χ0v) is 24.4. The van der Waals surface area contributed by atoms with Gasteiger partial charge in [0.25, 0.3) is 5.89 Å². The Hall–Kier alpha value is -3.80. The summed E-state index contributed by atoms with van der Waals surface area (Å²) in [5, 5.41) is 18.6. The zero-order valence-electron chi connectivity index (χ0n) is 24.4. The van der Waals surface area contributed by atoms with Crippen LogP contribution in [0.25, 0.3) is 11.5 Å². The number of carboxylic acids is 1. The number of ether oxygens (including phenoxy) is 1. The van der Waals surface area contributed by atoms with Gasteiger partial charge < -0.3 is 25.0 Å². The Labute approximate surface area is 240 Å². The van der Waals surface area contributed by atoms with Gasteiger partial charge in [0.1, 0.15) is 11.8 Å². The van der Waals surface area contributed by atoms with Gasteiger partial charge in [0, 0.05) is 17.2 Å². The first-order chi connectivity index (χ1) is 19.5. The van der Waals surface area contributed by atoms with E-state index in [2.05, 4.69) is 20.8 Å². The number of amides is 2. The Morgan fingerprint density at radius 2 is 1.85 bits per heavy atom. The molecule has 0 aliphatic heterocycles. The Kier molecular flexibility index (Phi) is 11.4. The number of ketones is 1. The summed E-state index contributed by atoms with van der Waals surface area (Å²) in [7, 11) is 3.34. The summed E-state index contributed by atoms with van der Waals surface area (Å²) in [6, 6.07) is 3.20. The molecule has 2 atom stereocenters. The van der Waals surface area contributed by atoms with Crippen molar-refractivity contribution in [1.29, 1.82) is 0 Å². The van der Waals surface area contributed by atoms with E-state index in [9.17, 15) is 24.3 Å². The number of aliphatic carboxylic acids is 1. The number of benzene rings is 1. The standard InChI is InChI=1S/C29H41N5O7/c1-17(2)27(28(39)31-22(15-26(37)38)23(35)16-34(4)21-9-7-6-8-10-21)32-25(36)14-20-13-19(11-12-24(20)40-5)29-30-18(3)33-41-29/h11-13,17,21-22,27H,6-10,14-16H2,1-5H3,(H,31,39)(H,32,36)(H,37,38). The summed E-state index contributed by atoms with van der Waals surface area (Å²) in [6.45, 7) is 5.26. The molecule has 0 radical (unpaired) electrons. The Morgan fingerprint density at radius 3 is 2.44 bits per heavy atom. The van der Waals surface area contributed by atoms with Crippen molar-refractivity contribution in [3.8, 4) is 17.2 Å². The molecule has 1 aliphatic carbocycles. The minimum Gasteiger partial charge on any atom is -0.496 e. The van der Waals surface area contributed by atoms with Gasteiger partial charge in [-0.1, -0.05) is 38.3 Å². The molecule has 12 nitrogen and oxygen atoms in total. The molecular weight excluding hydrogens is 530 g/mol. The molecule has 2 unspecified atom stereocenters. The largest absolute Gasteiger partial charge is 0.496 e. The van der Waals surface area contributed by atoms with Crippen LogP contribution in [0.4, 0.5) is 0 Å². The Bertz CT molecular complexity index is 1220. The average molecular weight is 572 g/mol. The van der Waals surface area contributed by atoms with Crippen molar-refractivity contribution in [3.63, 3.8) is 0 Å². The molecule has 1 saturated carbocycles. The first-order valence-electron chi connectivity index (χ1n) is 14.0. The number of aromatic nitrogens is 2. The van der Waals surface area contributed by atoms with Gasteiger partial charge in [-0.2, -0.15) is 4.98 Å². The fourth-order valence-electron chi connectivity index (χ4n) is 5.08. The van der Waals surface area contributed by atoms with Crippen molar-refractivity contribution in [2.45, 2.75) is 83.8 Å². The number of methoxy groups -OCH3 is 1. The summed E-state index contributed by atoms with van der Waals surface area (Å²) in [6.07, 6.45) is 4.70. The number of aryl methyl sites for hydroxylation is 1. The SMILES string of the molecule is COc1ccc(-c2nc(C)no2)cc1CC(=O)NC(C(=O)NC(CC(=O)O)C(=O)CN(C)C1CCCCC1)C(C)C. The number of rotatable bonds is 14. The van der Waals surface area contributed by atoms with Crippen LogP contribution in [0.3, 0.4) is 0 Å². The van der Waals surface area contributed by atoms with Gasteiger partial charge >= 0.3 is 5.97 Å². The highest BCUT2D eigenvalue weighted by molar-refractivity contribution is 5.95. The van der Waals surface area contributed by atoms with Crippen molar-refractivity contribution in [2.75, 3.05) is 20.7 Å². The lowest BCUT2D eigenvalue weighted by molar-refractivity contribution is -0.141. The first-order valence-corrected chi connectivity index (χ1v) is 14.0. The molecule has 1 aliphatic rings. The minimum atomic E-state index is -1.21. The van der Waals surface area contributed by atoms with Crippen molar-refractivity contribution in [1.82, 2.24) is 25.7 Å². The maximum Gasteiger partial charge on any atom is 0.305 e. The molecular formula is C29H41N5O7. The predicted octanol–water partition coefficient (Wildman–Crippen LogP) is 2.53. The number of carbonyl (C=O) groups is 4. The molecule has 2 aromatic rings. The third kappa shape index (κ3) is 9.10. The van der Waals surface area contributed by atoms with Crippen molar-refractivity contribution in [3.05, 3.63) is 29.6 Å². The highest BCUT2D eigenvalue weighted by atomic mass is 16.5. The van der Waals surface area contributed by atoms with Crippen molar-refractivity contribution < 1.29 is 33.5 Å². The fraction of sp³-hybridized carbons (Fsp3) is 0.586. The lowest BCUT2D eigenvalue weighted by Gasteiger charge is -2.32. The second-order valence-electron chi connectivity index (χ2n) is 11.0. The number of likely N-dealkylation sites (N-methyl/N-ethyl adjacent to an activating group) is 1. The maximum absolute atomic E-state index is 13.3. The lowest BCUT2D eigenvalue weighted by atomic mass is 9.94. The van der Waals surface area contributed by atoms with E-state index >= 15 is 0 Å². The van der Waals surface area contributed by atoms with Gasteiger partial charge in [-0.05, 0) is 50.9 Å². The van der Waals surface area contributed by atoms with Crippen LogP contribution >= 0.6 is 0 Å². The second-order valence-corrected chi connectivity index (χ2v) is 11.0. The molecule has 224 valence electrons. The number of hydrogen-bond acceptors (Lipinski definition) is 9. The summed E-state index contributed by atoms with van der Waals surface area (Å²) < 4.78 is 10.6. The normalized spacial score (nSPS) is 15.4. The molecule has 12 heteroatoms. The highest BCUT2D eigenvalue weighted by Crippen LogP contribution is 2.26. The number of hydrogen-bond donors (Lipinski definition) is 3. The van der Waals surface area contributed by atoms with Crippen molar-refractivity contribution in [2.24, 2.45) is 5.92 Å².